The molecule has 1 amide bonds. The van der Waals surface area contributed by atoms with E-state index in [1.807, 2.05) is 34.9 Å². The van der Waals surface area contributed by atoms with Crippen molar-refractivity contribution in [3.8, 4) is 17.1 Å². The minimum absolute atomic E-state index is 0.126. The lowest BCUT2D eigenvalue weighted by Crippen LogP contribution is -2.15. The molecule has 7 nitrogen and oxygen atoms in total. The van der Waals surface area contributed by atoms with E-state index in [9.17, 15) is 4.79 Å². The molecule has 2 aromatic heterocycles. The maximum absolute atomic E-state index is 12.2. The largest absolute Gasteiger partial charge is 0.496 e. The number of aromatic nitrogens is 4. The van der Waals surface area contributed by atoms with Crippen LogP contribution in [-0.4, -0.2) is 38.5 Å². The van der Waals surface area contributed by atoms with Gasteiger partial charge in [-0.05, 0) is 38.1 Å². The third-order valence-electron chi connectivity index (χ3n) is 3.79. The van der Waals surface area contributed by atoms with E-state index in [0.29, 0.717) is 11.0 Å². The highest BCUT2D eigenvalue weighted by atomic mass is 32.2. The zero-order chi connectivity index (χ0) is 19.2. The summed E-state index contributed by atoms with van der Waals surface area (Å²) in [7, 11) is 1.63. The van der Waals surface area contributed by atoms with Crippen LogP contribution in [0.3, 0.4) is 0 Å². The predicted molar refractivity (Wildman–Crippen MR) is 106 cm³/mol. The molecule has 3 rings (SSSR count). The Bertz CT molecular complexity index is 911. The summed E-state index contributed by atoms with van der Waals surface area (Å²) in [5, 5.41) is 12.1. The lowest BCUT2D eigenvalue weighted by molar-refractivity contribution is -0.113. The van der Waals surface area contributed by atoms with Crippen LogP contribution in [-0.2, 0) is 4.79 Å². The van der Waals surface area contributed by atoms with Crippen molar-refractivity contribution >= 4 is 23.5 Å². The average molecular weight is 383 g/mol. The van der Waals surface area contributed by atoms with Gasteiger partial charge in [0.25, 0.3) is 0 Å². The van der Waals surface area contributed by atoms with Crippen molar-refractivity contribution in [3.05, 3.63) is 48.7 Å². The third kappa shape index (κ3) is 4.46. The topological polar surface area (TPSA) is 81.9 Å². The van der Waals surface area contributed by atoms with Gasteiger partial charge in [0, 0.05) is 12.2 Å². The van der Waals surface area contributed by atoms with Gasteiger partial charge in [-0.2, -0.15) is 0 Å². The number of carbonyl (C=O) groups is 1. The quantitative estimate of drug-likeness (QED) is 0.627. The summed E-state index contributed by atoms with van der Waals surface area (Å²) in [4.78, 5) is 16.3. The van der Waals surface area contributed by atoms with Crippen molar-refractivity contribution in [3.63, 3.8) is 0 Å². The Morgan fingerprint density at radius 3 is 2.67 bits per heavy atom. The number of thioether (sulfide) groups is 1. The van der Waals surface area contributed by atoms with Crippen LogP contribution in [0, 0.1) is 0 Å². The summed E-state index contributed by atoms with van der Waals surface area (Å²) in [5.41, 5.74) is 0.867. The van der Waals surface area contributed by atoms with Gasteiger partial charge in [-0.15, -0.1) is 10.2 Å². The summed E-state index contributed by atoms with van der Waals surface area (Å²) >= 11 is 1.34. The molecule has 0 aliphatic rings. The van der Waals surface area contributed by atoms with E-state index in [-0.39, 0.29) is 17.7 Å². The van der Waals surface area contributed by atoms with Crippen LogP contribution < -0.4 is 10.1 Å². The highest BCUT2D eigenvalue weighted by molar-refractivity contribution is 7.99. The molecule has 1 aromatic carbocycles. The fourth-order valence-corrected chi connectivity index (χ4v) is 3.47. The maximum Gasteiger partial charge on any atom is 0.236 e. The van der Waals surface area contributed by atoms with E-state index in [1.54, 1.807) is 25.4 Å². The predicted octanol–water partition coefficient (Wildman–Crippen LogP) is 3.66. The van der Waals surface area contributed by atoms with E-state index in [0.717, 1.165) is 17.1 Å². The van der Waals surface area contributed by atoms with Crippen LogP contribution >= 0.6 is 11.8 Å². The Hall–Kier alpha value is -2.87. The number of hydrogen-bond acceptors (Lipinski definition) is 6. The average Bonchev–Trinajstić information content (AvgIpc) is 3.11. The number of carbonyl (C=O) groups excluding carboxylic acids is 1. The Labute approximate surface area is 162 Å². The molecular formula is C19H21N5O2S. The van der Waals surface area contributed by atoms with E-state index in [2.05, 4.69) is 34.3 Å². The molecule has 27 heavy (non-hydrogen) atoms. The molecular weight excluding hydrogens is 362 g/mol. The van der Waals surface area contributed by atoms with Gasteiger partial charge in [-0.3, -0.25) is 9.36 Å². The molecule has 8 heteroatoms. The maximum atomic E-state index is 12.2. The summed E-state index contributed by atoms with van der Waals surface area (Å²) in [5.74, 6) is 2.05. The normalized spacial score (nSPS) is 10.8. The SMILES string of the molecule is COc1ccccc1-c1nnc(SCC(=O)Nc2ccccn2)n1C(C)C. The van der Waals surface area contributed by atoms with Crippen molar-refractivity contribution in [2.45, 2.75) is 25.0 Å². The van der Waals surface area contributed by atoms with Crippen LogP contribution in [0.15, 0.2) is 53.8 Å². The molecule has 0 unspecified atom stereocenters. The van der Waals surface area contributed by atoms with Gasteiger partial charge in [-0.1, -0.05) is 30.0 Å². The van der Waals surface area contributed by atoms with Crippen molar-refractivity contribution in [1.29, 1.82) is 0 Å². The second-order valence-corrected chi connectivity index (χ2v) is 6.96. The molecule has 0 saturated carbocycles. The second-order valence-electron chi connectivity index (χ2n) is 6.02. The molecule has 0 bridgehead atoms. The molecule has 0 aliphatic heterocycles. The van der Waals surface area contributed by atoms with Gasteiger partial charge in [0.1, 0.15) is 11.6 Å². The first kappa shape index (κ1) is 18.9. The number of ether oxygens (including phenoxy) is 1. The van der Waals surface area contributed by atoms with E-state index < -0.39 is 0 Å². The number of benzene rings is 1. The number of hydrogen-bond donors (Lipinski definition) is 1. The summed E-state index contributed by atoms with van der Waals surface area (Å²) in [6.45, 7) is 4.11. The van der Waals surface area contributed by atoms with Gasteiger partial charge in [0.05, 0.1) is 18.4 Å². The minimum atomic E-state index is -0.143. The fourth-order valence-electron chi connectivity index (χ4n) is 2.60. The van der Waals surface area contributed by atoms with E-state index in [4.69, 9.17) is 4.74 Å². The molecule has 0 radical (unpaired) electrons. The Morgan fingerprint density at radius 1 is 1.19 bits per heavy atom. The van der Waals surface area contributed by atoms with Crippen LogP contribution in [0.2, 0.25) is 0 Å². The number of methoxy groups -OCH3 is 1. The molecule has 0 atom stereocenters. The summed E-state index contributed by atoms with van der Waals surface area (Å²) in [6.07, 6.45) is 1.64. The Kier molecular flexibility index (Phi) is 6.08. The Morgan fingerprint density at radius 2 is 1.96 bits per heavy atom. The van der Waals surface area contributed by atoms with E-state index in [1.165, 1.54) is 11.8 Å². The molecule has 1 N–H and O–H groups in total. The lowest BCUT2D eigenvalue weighted by Gasteiger charge is -2.15. The molecule has 2 heterocycles. The summed E-state index contributed by atoms with van der Waals surface area (Å²) < 4.78 is 7.46. The molecule has 0 spiro atoms. The van der Waals surface area contributed by atoms with Gasteiger partial charge in [0.15, 0.2) is 11.0 Å². The first-order valence-electron chi connectivity index (χ1n) is 8.52. The van der Waals surface area contributed by atoms with Gasteiger partial charge < -0.3 is 10.1 Å². The number of para-hydroxylation sites is 1. The summed E-state index contributed by atoms with van der Waals surface area (Å²) in [6, 6.07) is 13.2. The van der Waals surface area contributed by atoms with Gasteiger partial charge in [0.2, 0.25) is 5.91 Å². The standard InChI is InChI=1S/C19H21N5O2S/c1-13(2)24-18(14-8-4-5-9-15(14)26-3)22-23-19(24)27-12-17(25)21-16-10-6-7-11-20-16/h4-11,13H,12H2,1-3H3,(H,20,21,25). The highest BCUT2D eigenvalue weighted by Crippen LogP contribution is 2.32. The smallest absolute Gasteiger partial charge is 0.236 e. The van der Waals surface area contributed by atoms with Gasteiger partial charge in [-0.25, -0.2) is 4.98 Å². The molecule has 0 aliphatic carbocycles. The van der Waals surface area contributed by atoms with Crippen molar-refractivity contribution in [1.82, 2.24) is 19.7 Å². The lowest BCUT2D eigenvalue weighted by atomic mass is 10.2. The monoisotopic (exact) mass is 383 g/mol. The van der Waals surface area contributed by atoms with Crippen molar-refractivity contribution in [2.75, 3.05) is 18.2 Å². The second kappa shape index (κ2) is 8.68. The van der Waals surface area contributed by atoms with Crippen LogP contribution in [0.25, 0.3) is 11.4 Å². The number of nitrogens with zero attached hydrogens (tertiary/aromatic N) is 4. The van der Waals surface area contributed by atoms with Crippen LogP contribution in [0.5, 0.6) is 5.75 Å². The van der Waals surface area contributed by atoms with Gasteiger partial charge >= 0.3 is 0 Å². The van der Waals surface area contributed by atoms with Crippen molar-refractivity contribution in [2.24, 2.45) is 0 Å². The van der Waals surface area contributed by atoms with Crippen molar-refractivity contribution < 1.29 is 9.53 Å². The fraction of sp³-hybridized carbons (Fsp3) is 0.263. The molecule has 0 saturated heterocycles. The number of nitrogens with one attached hydrogen (secondary N) is 1. The number of amides is 1. The Balaban J connectivity index is 1.78. The molecule has 3 aromatic rings. The first-order valence-corrected chi connectivity index (χ1v) is 9.50. The first-order chi connectivity index (χ1) is 13.1. The zero-order valence-corrected chi connectivity index (χ0v) is 16.2. The van der Waals surface area contributed by atoms with Crippen LogP contribution in [0.1, 0.15) is 19.9 Å². The number of rotatable bonds is 7. The third-order valence-corrected chi connectivity index (χ3v) is 4.74. The number of pyridine rings is 1. The molecule has 0 fully saturated rings. The van der Waals surface area contributed by atoms with E-state index >= 15 is 0 Å². The van der Waals surface area contributed by atoms with Crippen LogP contribution in [0.4, 0.5) is 5.82 Å². The number of anilines is 1. The molecule has 140 valence electrons. The highest BCUT2D eigenvalue weighted by Gasteiger charge is 2.20. The minimum Gasteiger partial charge on any atom is -0.496 e. The zero-order valence-electron chi connectivity index (χ0n) is 15.4.